The van der Waals surface area contributed by atoms with Crippen LogP contribution in [0, 0.1) is 18.3 Å². The molecule has 0 aliphatic heterocycles. The van der Waals surface area contributed by atoms with Crippen LogP contribution in [0.4, 0.5) is 4.79 Å². The molecule has 1 aliphatic carbocycles. The number of Topliss-reactive ketones (excluding diaryl/α,β-unsaturated/α-hetero) is 1. The summed E-state index contributed by atoms with van der Waals surface area (Å²) in [5.74, 6) is 1.57. The summed E-state index contributed by atoms with van der Waals surface area (Å²) in [6.07, 6.45) is 2.25. The van der Waals surface area contributed by atoms with Gasteiger partial charge in [0.05, 0.1) is 18.7 Å². The van der Waals surface area contributed by atoms with Crippen molar-refractivity contribution >= 4 is 23.2 Å². The Kier molecular flexibility index (Phi) is 8.39. The minimum absolute atomic E-state index is 0.0895. The lowest BCUT2D eigenvalue weighted by molar-refractivity contribution is -0.118. The summed E-state index contributed by atoms with van der Waals surface area (Å²) >= 11 is 1.49. The molecule has 0 bridgehead atoms. The van der Waals surface area contributed by atoms with Crippen molar-refractivity contribution in [1.82, 2.24) is 10.5 Å². The first-order valence-electron chi connectivity index (χ1n) is 12.1. The number of rotatable bonds is 10. The minimum Gasteiger partial charge on any atom is -0.494 e. The Morgan fingerprint density at radius 3 is 2.92 bits per heavy atom. The number of nitrogens with zero attached hydrogens (tertiary/aromatic N) is 2. The number of aryl methyl sites for hydroxylation is 2. The predicted octanol–water partition coefficient (Wildman–Crippen LogP) is 4.84. The van der Waals surface area contributed by atoms with E-state index in [1.165, 1.54) is 11.3 Å². The van der Waals surface area contributed by atoms with Gasteiger partial charge in [-0.2, -0.15) is 5.26 Å². The van der Waals surface area contributed by atoms with E-state index in [-0.39, 0.29) is 24.9 Å². The van der Waals surface area contributed by atoms with Crippen LogP contribution in [0.3, 0.4) is 0 Å². The Morgan fingerprint density at radius 2 is 2.17 bits per heavy atom. The molecule has 1 unspecified atom stereocenters. The maximum Gasteiger partial charge on any atom is 0.407 e. The molecular formula is C27H29N3O5S. The van der Waals surface area contributed by atoms with E-state index >= 15 is 0 Å². The van der Waals surface area contributed by atoms with Gasteiger partial charge in [0.2, 0.25) is 0 Å². The number of carbonyl (C=O) groups is 2. The van der Waals surface area contributed by atoms with Crippen LogP contribution in [0.25, 0.3) is 0 Å². The highest BCUT2D eigenvalue weighted by Crippen LogP contribution is 2.35. The van der Waals surface area contributed by atoms with Crippen LogP contribution in [0.5, 0.6) is 5.75 Å². The number of amides is 1. The number of nitriles is 1. The summed E-state index contributed by atoms with van der Waals surface area (Å²) in [4.78, 5) is 26.9. The highest BCUT2D eigenvalue weighted by molar-refractivity contribution is 7.12. The molecule has 8 nitrogen and oxygen atoms in total. The number of para-hydroxylation sites is 1. The number of hydrogen-bond donors (Lipinski definition) is 1. The third-order valence-electron chi connectivity index (χ3n) is 6.07. The number of ketones is 1. The highest BCUT2D eigenvalue weighted by Gasteiger charge is 2.28. The van der Waals surface area contributed by atoms with Gasteiger partial charge < -0.3 is 19.3 Å². The Labute approximate surface area is 214 Å². The number of thiophene rings is 1. The minimum atomic E-state index is -0.510. The zero-order chi connectivity index (χ0) is 25.5. The van der Waals surface area contributed by atoms with Gasteiger partial charge in [0.1, 0.15) is 35.2 Å². The molecule has 4 rings (SSSR count). The van der Waals surface area contributed by atoms with Crippen molar-refractivity contribution in [2.75, 3.05) is 6.61 Å². The average molecular weight is 508 g/mol. The molecule has 0 fully saturated rings. The van der Waals surface area contributed by atoms with E-state index in [0.717, 1.165) is 26.6 Å². The standard InChI is InChI=1S/C27H29N3O5S/c1-3-33-24-7-5-4-6-18(24)8-9-20(31)13-25-23(15-28)22-11-10-21(14-26(22)36-25)34-27(32)29-16-19-12-17(2)35-30-19/h4-7,12,21H,3,8-11,13-14,16H2,1-2H3,(H,29,32). The van der Waals surface area contributed by atoms with Gasteiger partial charge in [-0.25, -0.2) is 4.79 Å². The van der Waals surface area contributed by atoms with Gasteiger partial charge in [-0.05, 0) is 50.3 Å². The molecule has 2 heterocycles. The lowest BCUT2D eigenvalue weighted by Crippen LogP contribution is -2.31. The predicted molar refractivity (Wildman–Crippen MR) is 134 cm³/mol. The molecule has 0 spiro atoms. The first kappa shape index (κ1) is 25.5. The molecule has 0 radical (unpaired) electrons. The van der Waals surface area contributed by atoms with E-state index in [1.807, 2.05) is 31.2 Å². The highest BCUT2D eigenvalue weighted by atomic mass is 32.1. The third kappa shape index (κ3) is 6.32. The Balaban J connectivity index is 1.33. The molecule has 1 atom stereocenters. The van der Waals surface area contributed by atoms with E-state index < -0.39 is 6.09 Å². The smallest absolute Gasteiger partial charge is 0.407 e. The number of nitrogens with one attached hydrogen (secondary N) is 1. The monoisotopic (exact) mass is 507 g/mol. The van der Waals surface area contributed by atoms with Crippen LogP contribution in [0.15, 0.2) is 34.9 Å². The molecule has 36 heavy (non-hydrogen) atoms. The van der Waals surface area contributed by atoms with Gasteiger partial charge >= 0.3 is 6.09 Å². The molecule has 1 N–H and O–H groups in total. The number of ether oxygens (including phenoxy) is 2. The van der Waals surface area contributed by atoms with Crippen molar-refractivity contribution in [2.45, 2.75) is 65.0 Å². The van der Waals surface area contributed by atoms with E-state index in [9.17, 15) is 14.9 Å². The molecule has 0 saturated carbocycles. The largest absolute Gasteiger partial charge is 0.494 e. The Morgan fingerprint density at radius 1 is 1.33 bits per heavy atom. The molecule has 1 amide bonds. The van der Waals surface area contributed by atoms with Crippen molar-refractivity contribution in [3.8, 4) is 11.8 Å². The number of alkyl carbamates (subject to hydrolysis) is 1. The molecule has 1 aliphatic rings. The van der Waals surface area contributed by atoms with Gasteiger partial charge in [0.15, 0.2) is 0 Å². The van der Waals surface area contributed by atoms with E-state index in [1.54, 1.807) is 13.0 Å². The van der Waals surface area contributed by atoms with Crippen molar-refractivity contribution in [1.29, 1.82) is 5.26 Å². The zero-order valence-corrected chi connectivity index (χ0v) is 21.3. The molecule has 0 saturated heterocycles. The summed E-state index contributed by atoms with van der Waals surface area (Å²) in [5.41, 5.74) is 3.24. The first-order chi connectivity index (χ1) is 17.5. The summed E-state index contributed by atoms with van der Waals surface area (Å²) in [6, 6.07) is 11.8. The van der Waals surface area contributed by atoms with E-state index in [4.69, 9.17) is 14.0 Å². The molecule has 3 aromatic rings. The quantitative estimate of drug-likeness (QED) is 0.417. The number of fused-ring (bicyclic) bond motifs is 1. The zero-order valence-electron chi connectivity index (χ0n) is 20.5. The maximum atomic E-state index is 12.8. The van der Waals surface area contributed by atoms with Crippen LogP contribution in [0.1, 0.15) is 57.7 Å². The van der Waals surface area contributed by atoms with Gasteiger partial charge in [-0.1, -0.05) is 23.4 Å². The van der Waals surface area contributed by atoms with Crippen LogP contribution >= 0.6 is 11.3 Å². The van der Waals surface area contributed by atoms with Gasteiger partial charge in [0, 0.05) is 35.1 Å². The Bertz CT molecular complexity index is 1270. The lowest BCUT2D eigenvalue weighted by Gasteiger charge is -2.22. The second kappa shape index (κ2) is 11.9. The van der Waals surface area contributed by atoms with Crippen LogP contribution in [-0.2, 0) is 41.8 Å². The lowest BCUT2D eigenvalue weighted by atomic mass is 9.92. The van der Waals surface area contributed by atoms with Crippen LogP contribution < -0.4 is 10.1 Å². The van der Waals surface area contributed by atoms with Crippen LogP contribution in [-0.4, -0.2) is 29.7 Å². The molecule has 1 aromatic carbocycles. The van der Waals surface area contributed by atoms with Crippen molar-refractivity contribution in [3.05, 3.63) is 68.2 Å². The first-order valence-corrected chi connectivity index (χ1v) is 12.9. The number of carbonyl (C=O) groups excluding carboxylic acids is 2. The summed E-state index contributed by atoms with van der Waals surface area (Å²) in [5, 5.41) is 16.3. The van der Waals surface area contributed by atoms with E-state index in [0.29, 0.717) is 55.7 Å². The summed E-state index contributed by atoms with van der Waals surface area (Å²) in [7, 11) is 0. The fourth-order valence-corrected chi connectivity index (χ4v) is 5.77. The molecular weight excluding hydrogens is 478 g/mol. The SMILES string of the molecule is CCOc1ccccc1CCC(=O)Cc1sc2c(c1C#N)CCC(OC(=O)NCc1cc(C)on1)C2. The fourth-order valence-electron chi connectivity index (χ4n) is 4.37. The van der Waals surface area contributed by atoms with Gasteiger partial charge in [-0.3, -0.25) is 4.79 Å². The number of benzene rings is 1. The molecule has 188 valence electrons. The normalized spacial score (nSPS) is 14.5. The van der Waals surface area contributed by atoms with Crippen molar-refractivity contribution in [3.63, 3.8) is 0 Å². The second-order valence-electron chi connectivity index (χ2n) is 8.72. The third-order valence-corrected chi connectivity index (χ3v) is 7.33. The van der Waals surface area contributed by atoms with Crippen molar-refractivity contribution < 1.29 is 23.6 Å². The topological polar surface area (TPSA) is 114 Å². The summed E-state index contributed by atoms with van der Waals surface area (Å²) in [6.45, 7) is 4.53. The van der Waals surface area contributed by atoms with Gasteiger partial charge in [-0.15, -0.1) is 11.3 Å². The number of aromatic nitrogens is 1. The Hall–Kier alpha value is -3.64. The van der Waals surface area contributed by atoms with Gasteiger partial charge in [0.25, 0.3) is 0 Å². The second-order valence-corrected chi connectivity index (χ2v) is 9.91. The maximum absolute atomic E-state index is 12.8. The average Bonchev–Trinajstić information content (AvgIpc) is 3.44. The van der Waals surface area contributed by atoms with Crippen LogP contribution in [0.2, 0.25) is 0 Å². The summed E-state index contributed by atoms with van der Waals surface area (Å²) < 4.78 is 16.2. The number of hydrogen-bond acceptors (Lipinski definition) is 8. The fraction of sp³-hybridized carbons (Fsp3) is 0.407. The molecule has 2 aromatic heterocycles. The molecule has 9 heteroatoms. The van der Waals surface area contributed by atoms with E-state index in [2.05, 4.69) is 16.5 Å². The van der Waals surface area contributed by atoms with Crippen molar-refractivity contribution in [2.24, 2.45) is 0 Å².